The number of nitrogens with zero attached hydrogens (tertiary/aromatic N) is 1. The summed E-state index contributed by atoms with van der Waals surface area (Å²) in [4.78, 5) is 26.8. The van der Waals surface area contributed by atoms with Crippen molar-refractivity contribution in [1.82, 2.24) is 4.90 Å². The van der Waals surface area contributed by atoms with Gasteiger partial charge in [0, 0.05) is 35.8 Å². The molecular weight excluding hydrogens is 310 g/mol. The first-order chi connectivity index (χ1) is 11.1. The zero-order chi connectivity index (χ0) is 16.3. The molecule has 1 aromatic carbocycles. The van der Waals surface area contributed by atoms with E-state index in [4.69, 9.17) is 5.73 Å². The lowest BCUT2D eigenvalue weighted by molar-refractivity contribution is -0.121. The Bertz CT molecular complexity index is 593. The van der Waals surface area contributed by atoms with Crippen LogP contribution in [0.25, 0.3) is 0 Å². The van der Waals surface area contributed by atoms with E-state index in [2.05, 4.69) is 5.32 Å². The summed E-state index contributed by atoms with van der Waals surface area (Å²) < 4.78 is 0. The summed E-state index contributed by atoms with van der Waals surface area (Å²) in [5, 5.41) is 2.88. The summed E-state index contributed by atoms with van der Waals surface area (Å²) in [6.45, 7) is 1.57. The second-order valence-corrected chi connectivity index (χ2v) is 7.53. The Morgan fingerprint density at radius 1 is 1.17 bits per heavy atom. The Labute approximate surface area is 141 Å². The quantitative estimate of drug-likeness (QED) is 0.888. The van der Waals surface area contributed by atoms with Crippen LogP contribution in [-0.4, -0.2) is 46.8 Å². The number of nitrogens with two attached hydrogens (primary N) is 1. The molecule has 3 N–H and O–H groups in total. The molecule has 0 radical (unpaired) electrons. The molecule has 124 valence electrons. The lowest BCUT2D eigenvalue weighted by Gasteiger charge is -2.26. The van der Waals surface area contributed by atoms with Gasteiger partial charge >= 0.3 is 0 Å². The molecule has 2 amide bonds. The van der Waals surface area contributed by atoms with Crippen molar-refractivity contribution in [1.29, 1.82) is 0 Å². The summed E-state index contributed by atoms with van der Waals surface area (Å²) in [6.07, 6.45) is 3.44. The normalized spacial score (nSPS) is 20.3. The zero-order valence-corrected chi connectivity index (χ0v) is 14.0. The van der Waals surface area contributed by atoms with Gasteiger partial charge in [-0.25, -0.2) is 0 Å². The predicted molar refractivity (Wildman–Crippen MR) is 93.7 cm³/mol. The van der Waals surface area contributed by atoms with Crippen molar-refractivity contribution in [2.75, 3.05) is 29.9 Å². The molecule has 1 heterocycles. The minimum atomic E-state index is -0.760. The molecule has 1 saturated carbocycles. The number of hydrogen-bond donors (Lipinski definition) is 2. The standard InChI is InChI=1S/C17H23N3O2S/c18-17(6-1-2-7-17)16(22)19-14-5-3-4-13(12-14)15(21)20-8-10-23-11-9-20/h3-5,12H,1-2,6-11,18H2,(H,19,22). The molecule has 3 rings (SSSR count). The average molecular weight is 333 g/mol. The van der Waals surface area contributed by atoms with E-state index in [-0.39, 0.29) is 11.8 Å². The Balaban J connectivity index is 1.69. The predicted octanol–water partition coefficient (Wildman–Crippen LogP) is 2.09. The van der Waals surface area contributed by atoms with Crippen LogP contribution in [0.1, 0.15) is 36.0 Å². The number of carbonyl (C=O) groups is 2. The van der Waals surface area contributed by atoms with E-state index in [9.17, 15) is 9.59 Å². The van der Waals surface area contributed by atoms with Gasteiger partial charge in [0.05, 0.1) is 5.54 Å². The maximum atomic E-state index is 12.5. The fraction of sp³-hybridized carbons (Fsp3) is 0.529. The first kappa shape index (κ1) is 16.3. The molecule has 1 aromatic rings. The third-order valence-corrected chi connectivity index (χ3v) is 5.56. The van der Waals surface area contributed by atoms with Gasteiger partial charge in [-0.05, 0) is 31.0 Å². The van der Waals surface area contributed by atoms with Crippen LogP contribution in [0.2, 0.25) is 0 Å². The molecule has 0 spiro atoms. The second kappa shape index (κ2) is 6.93. The third-order valence-electron chi connectivity index (χ3n) is 4.61. The number of rotatable bonds is 3. The van der Waals surface area contributed by atoms with Crippen molar-refractivity contribution in [3.05, 3.63) is 29.8 Å². The number of carbonyl (C=O) groups excluding carboxylic acids is 2. The summed E-state index contributed by atoms with van der Waals surface area (Å²) in [7, 11) is 0. The number of hydrogen-bond acceptors (Lipinski definition) is 4. The molecule has 23 heavy (non-hydrogen) atoms. The SMILES string of the molecule is NC1(C(=O)Nc2cccc(C(=O)N3CCSCC3)c2)CCCC1. The monoisotopic (exact) mass is 333 g/mol. The Morgan fingerprint density at radius 2 is 1.87 bits per heavy atom. The highest BCUT2D eigenvalue weighted by molar-refractivity contribution is 7.99. The van der Waals surface area contributed by atoms with Crippen LogP contribution in [0.3, 0.4) is 0 Å². The molecule has 1 saturated heterocycles. The molecule has 0 unspecified atom stereocenters. The highest BCUT2D eigenvalue weighted by Gasteiger charge is 2.37. The van der Waals surface area contributed by atoms with Crippen LogP contribution in [0.5, 0.6) is 0 Å². The maximum Gasteiger partial charge on any atom is 0.253 e. The van der Waals surface area contributed by atoms with E-state index in [0.29, 0.717) is 11.3 Å². The molecule has 2 fully saturated rings. The number of amides is 2. The molecule has 0 aromatic heterocycles. The minimum Gasteiger partial charge on any atom is -0.337 e. The Hall–Kier alpha value is -1.53. The number of thioether (sulfide) groups is 1. The van der Waals surface area contributed by atoms with Crippen LogP contribution in [-0.2, 0) is 4.79 Å². The number of benzene rings is 1. The summed E-state index contributed by atoms with van der Waals surface area (Å²) in [6, 6.07) is 7.16. The van der Waals surface area contributed by atoms with Crippen molar-refractivity contribution >= 4 is 29.3 Å². The van der Waals surface area contributed by atoms with Crippen molar-refractivity contribution < 1.29 is 9.59 Å². The van der Waals surface area contributed by atoms with Gasteiger partial charge in [0.2, 0.25) is 5.91 Å². The van der Waals surface area contributed by atoms with Gasteiger partial charge in [-0.2, -0.15) is 11.8 Å². The van der Waals surface area contributed by atoms with E-state index in [0.717, 1.165) is 50.3 Å². The highest BCUT2D eigenvalue weighted by atomic mass is 32.2. The van der Waals surface area contributed by atoms with Gasteiger partial charge in [0.25, 0.3) is 5.91 Å². The molecule has 1 aliphatic heterocycles. The van der Waals surface area contributed by atoms with Crippen LogP contribution in [0.4, 0.5) is 5.69 Å². The van der Waals surface area contributed by atoms with Crippen LogP contribution in [0, 0.1) is 0 Å². The topological polar surface area (TPSA) is 75.4 Å². The molecule has 1 aliphatic carbocycles. The van der Waals surface area contributed by atoms with Crippen LogP contribution < -0.4 is 11.1 Å². The highest BCUT2D eigenvalue weighted by Crippen LogP contribution is 2.28. The number of nitrogens with one attached hydrogen (secondary N) is 1. The largest absolute Gasteiger partial charge is 0.337 e. The van der Waals surface area contributed by atoms with E-state index >= 15 is 0 Å². The first-order valence-corrected chi connectivity index (χ1v) is 9.31. The summed E-state index contributed by atoms with van der Waals surface area (Å²) in [5.74, 6) is 1.86. The second-order valence-electron chi connectivity index (χ2n) is 6.30. The van der Waals surface area contributed by atoms with Crippen molar-refractivity contribution in [3.8, 4) is 0 Å². The Morgan fingerprint density at radius 3 is 2.57 bits per heavy atom. The average Bonchev–Trinajstić information content (AvgIpc) is 3.03. The van der Waals surface area contributed by atoms with Gasteiger partial charge in [-0.1, -0.05) is 18.9 Å². The van der Waals surface area contributed by atoms with Gasteiger partial charge in [0.15, 0.2) is 0 Å². The Kier molecular flexibility index (Phi) is 4.92. The van der Waals surface area contributed by atoms with E-state index < -0.39 is 5.54 Å². The molecule has 6 heteroatoms. The maximum absolute atomic E-state index is 12.5. The lowest BCUT2D eigenvalue weighted by atomic mass is 9.98. The number of anilines is 1. The van der Waals surface area contributed by atoms with E-state index in [1.807, 2.05) is 16.7 Å². The first-order valence-electron chi connectivity index (χ1n) is 8.16. The fourth-order valence-electron chi connectivity index (χ4n) is 3.17. The van der Waals surface area contributed by atoms with Gasteiger partial charge in [-0.3, -0.25) is 9.59 Å². The summed E-state index contributed by atoms with van der Waals surface area (Å²) >= 11 is 1.87. The molecule has 0 atom stereocenters. The molecular formula is C17H23N3O2S. The van der Waals surface area contributed by atoms with E-state index in [1.54, 1.807) is 24.3 Å². The molecule has 2 aliphatic rings. The van der Waals surface area contributed by atoms with Gasteiger partial charge in [-0.15, -0.1) is 0 Å². The third kappa shape index (κ3) is 3.70. The fourth-order valence-corrected chi connectivity index (χ4v) is 4.07. The van der Waals surface area contributed by atoms with E-state index in [1.165, 1.54) is 0 Å². The van der Waals surface area contributed by atoms with Gasteiger partial charge in [0.1, 0.15) is 0 Å². The smallest absolute Gasteiger partial charge is 0.253 e. The molecule has 5 nitrogen and oxygen atoms in total. The summed E-state index contributed by atoms with van der Waals surface area (Å²) in [5.41, 5.74) is 6.68. The van der Waals surface area contributed by atoms with Crippen molar-refractivity contribution in [3.63, 3.8) is 0 Å². The van der Waals surface area contributed by atoms with Gasteiger partial charge < -0.3 is 16.0 Å². The minimum absolute atomic E-state index is 0.0322. The zero-order valence-electron chi connectivity index (χ0n) is 13.2. The molecule has 0 bridgehead atoms. The lowest BCUT2D eigenvalue weighted by Crippen LogP contribution is -2.48. The van der Waals surface area contributed by atoms with Crippen molar-refractivity contribution in [2.45, 2.75) is 31.2 Å². The van der Waals surface area contributed by atoms with Crippen LogP contribution >= 0.6 is 11.8 Å². The van der Waals surface area contributed by atoms with Crippen molar-refractivity contribution in [2.24, 2.45) is 5.73 Å². The van der Waals surface area contributed by atoms with Crippen LogP contribution in [0.15, 0.2) is 24.3 Å².